The van der Waals surface area contributed by atoms with Crippen LogP contribution in [0.3, 0.4) is 0 Å². The van der Waals surface area contributed by atoms with E-state index >= 15 is 0 Å². The summed E-state index contributed by atoms with van der Waals surface area (Å²) in [6.07, 6.45) is 2.26. The van der Waals surface area contributed by atoms with Crippen molar-refractivity contribution in [3.63, 3.8) is 0 Å². The molecule has 4 rings (SSSR count). The molecule has 2 aromatic carbocycles. The van der Waals surface area contributed by atoms with E-state index in [1.54, 1.807) is 42.7 Å². The summed E-state index contributed by atoms with van der Waals surface area (Å²) in [4.78, 5) is 56.6. The molecular weight excluding hydrogens is 522 g/mol. The van der Waals surface area contributed by atoms with Gasteiger partial charge >= 0.3 is 11.9 Å². The summed E-state index contributed by atoms with van der Waals surface area (Å²) in [5, 5.41) is 3.20. The van der Waals surface area contributed by atoms with Crippen molar-refractivity contribution in [2.45, 2.75) is 70.6 Å². The maximum absolute atomic E-state index is 14.1. The minimum absolute atomic E-state index is 0.0688. The van der Waals surface area contributed by atoms with Crippen molar-refractivity contribution in [3.8, 4) is 0 Å². The van der Waals surface area contributed by atoms with Crippen LogP contribution in [0.2, 0.25) is 0 Å². The van der Waals surface area contributed by atoms with E-state index in [1.807, 2.05) is 48.5 Å². The van der Waals surface area contributed by atoms with Crippen LogP contribution in [0.5, 0.6) is 0 Å². The van der Waals surface area contributed by atoms with Gasteiger partial charge in [-0.05, 0) is 70.1 Å². The number of likely N-dealkylation sites (tertiary alicyclic amines) is 2. The number of nitrogens with zero attached hydrogens (tertiary/aromatic N) is 2. The van der Waals surface area contributed by atoms with Gasteiger partial charge in [0.15, 0.2) is 0 Å². The number of fused-ring (bicyclic) bond motifs is 1. The Morgan fingerprint density at radius 3 is 2.27 bits per heavy atom. The monoisotopic (exact) mass is 563 g/mol. The van der Waals surface area contributed by atoms with E-state index in [1.165, 1.54) is 0 Å². The number of esters is 2. The van der Waals surface area contributed by atoms with Crippen LogP contribution in [0, 0.1) is 5.92 Å². The quantitative estimate of drug-likeness (QED) is 0.419. The number of hydrogen-bond acceptors (Lipinski definition) is 7. The number of piperidine rings is 1. The van der Waals surface area contributed by atoms with Gasteiger partial charge in [-0.3, -0.25) is 19.7 Å². The van der Waals surface area contributed by atoms with E-state index in [4.69, 9.17) is 9.47 Å². The molecule has 0 unspecified atom stereocenters. The van der Waals surface area contributed by atoms with Gasteiger partial charge in [0.1, 0.15) is 12.1 Å². The first-order valence-corrected chi connectivity index (χ1v) is 14.6. The lowest BCUT2D eigenvalue weighted by Gasteiger charge is -2.40. The van der Waals surface area contributed by atoms with Gasteiger partial charge in [-0.25, -0.2) is 4.79 Å². The fraction of sp³-hybridized carbons (Fsp3) is 0.500. The molecule has 41 heavy (non-hydrogen) atoms. The second kappa shape index (κ2) is 14.3. The molecule has 2 aliphatic heterocycles. The standard InChI is InChI=1S/C32H41N3O6/c1-4-40-31(38)26(17-16-23-12-8-6-9-13-23)33-22(3)29(36)35-27(32(39)41-5-2)20-25-18-19-34(21-28(25)35)30(37)24-14-10-7-11-15-24/h6-15,22,25-28,33H,4-5,16-21H2,1-3H3/t22-,25+,26+,27+,28-/m0/s1. The number of rotatable bonds is 11. The fourth-order valence-electron chi connectivity index (χ4n) is 5.98. The van der Waals surface area contributed by atoms with Crippen LogP contribution in [-0.4, -0.2) is 84.0 Å². The highest BCUT2D eigenvalue weighted by Crippen LogP contribution is 2.37. The van der Waals surface area contributed by atoms with Crippen LogP contribution in [0.15, 0.2) is 60.7 Å². The number of carbonyl (C=O) groups excluding carboxylic acids is 4. The first kappa shape index (κ1) is 30.2. The zero-order chi connectivity index (χ0) is 29.4. The third-order valence-electron chi connectivity index (χ3n) is 8.02. The molecule has 2 fully saturated rings. The van der Waals surface area contributed by atoms with Crippen molar-refractivity contribution >= 4 is 23.8 Å². The van der Waals surface area contributed by atoms with E-state index in [-0.39, 0.29) is 37.0 Å². The average molecular weight is 564 g/mol. The van der Waals surface area contributed by atoms with Crippen LogP contribution in [0.25, 0.3) is 0 Å². The zero-order valence-corrected chi connectivity index (χ0v) is 24.2. The molecule has 2 aromatic rings. The summed E-state index contributed by atoms with van der Waals surface area (Å²) < 4.78 is 10.7. The van der Waals surface area contributed by atoms with Crippen molar-refractivity contribution in [2.75, 3.05) is 26.3 Å². The minimum Gasteiger partial charge on any atom is -0.465 e. The van der Waals surface area contributed by atoms with Gasteiger partial charge in [-0.15, -0.1) is 0 Å². The van der Waals surface area contributed by atoms with E-state index < -0.39 is 30.1 Å². The van der Waals surface area contributed by atoms with Crippen molar-refractivity contribution in [3.05, 3.63) is 71.8 Å². The molecule has 0 bridgehead atoms. The molecule has 0 spiro atoms. The molecule has 0 aliphatic carbocycles. The van der Waals surface area contributed by atoms with Crippen LogP contribution >= 0.6 is 0 Å². The Bertz CT molecular complexity index is 1190. The molecule has 0 aromatic heterocycles. The zero-order valence-electron chi connectivity index (χ0n) is 24.2. The molecule has 2 aliphatic rings. The molecule has 5 atom stereocenters. The molecule has 1 N–H and O–H groups in total. The van der Waals surface area contributed by atoms with Gasteiger partial charge in [0.25, 0.3) is 5.91 Å². The molecule has 9 heteroatoms. The lowest BCUT2D eigenvalue weighted by atomic mass is 9.91. The van der Waals surface area contributed by atoms with Gasteiger partial charge in [0.2, 0.25) is 5.91 Å². The van der Waals surface area contributed by atoms with Gasteiger partial charge in [0.05, 0.1) is 25.3 Å². The van der Waals surface area contributed by atoms with Crippen molar-refractivity contribution in [1.29, 1.82) is 0 Å². The summed E-state index contributed by atoms with van der Waals surface area (Å²) in [6.45, 7) is 6.54. The van der Waals surface area contributed by atoms with Crippen molar-refractivity contribution in [1.82, 2.24) is 15.1 Å². The third kappa shape index (κ3) is 7.33. The predicted molar refractivity (Wildman–Crippen MR) is 154 cm³/mol. The Kier molecular flexibility index (Phi) is 10.5. The molecule has 0 saturated carbocycles. The normalized spacial score (nSPS) is 21.5. The Balaban J connectivity index is 1.52. The number of ether oxygens (including phenoxy) is 2. The Morgan fingerprint density at radius 1 is 0.951 bits per heavy atom. The molecule has 9 nitrogen and oxygen atoms in total. The van der Waals surface area contributed by atoms with E-state index in [0.717, 1.165) is 5.56 Å². The summed E-state index contributed by atoms with van der Waals surface area (Å²) in [6, 6.07) is 16.4. The third-order valence-corrected chi connectivity index (χ3v) is 8.02. The second-order valence-electron chi connectivity index (χ2n) is 10.7. The van der Waals surface area contributed by atoms with Crippen LogP contribution < -0.4 is 5.32 Å². The molecular formula is C32H41N3O6. The summed E-state index contributed by atoms with van der Waals surface area (Å²) in [7, 11) is 0. The topological polar surface area (TPSA) is 105 Å². The largest absolute Gasteiger partial charge is 0.465 e. The van der Waals surface area contributed by atoms with E-state index in [9.17, 15) is 19.2 Å². The molecule has 220 valence electrons. The average Bonchev–Trinajstić information content (AvgIpc) is 3.38. The first-order valence-electron chi connectivity index (χ1n) is 14.6. The van der Waals surface area contributed by atoms with E-state index in [2.05, 4.69) is 5.32 Å². The number of nitrogens with one attached hydrogen (secondary N) is 1. The lowest BCUT2D eigenvalue weighted by Crippen LogP contribution is -2.59. The number of aryl methyl sites for hydroxylation is 1. The summed E-state index contributed by atoms with van der Waals surface area (Å²) in [5.41, 5.74) is 1.67. The number of hydrogen-bond donors (Lipinski definition) is 1. The van der Waals surface area contributed by atoms with Crippen molar-refractivity contribution < 1.29 is 28.7 Å². The van der Waals surface area contributed by atoms with Gasteiger partial charge in [-0.2, -0.15) is 0 Å². The molecule has 2 amide bonds. The SMILES string of the molecule is CCOC(=O)[C@H]1C[C@H]2CCN(C(=O)c3ccccc3)C[C@@H]2N1C(=O)[C@H](C)N[C@H](CCc1ccccc1)C(=O)OCC. The number of amides is 2. The fourth-order valence-corrected chi connectivity index (χ4v) is 5.98. The minimum atomic E-state index is -0.768. The van der Waals surface area contributed by atoms with Gasteiger partial charge in [-0.1, -0.05) is 48.5 Å². The highest BCUT2D eigenvalue weighted by molar-refractivity contribution is 5.94. The summed E-state index contributed by atoms with van der Waals surface area (Å²) >= 11 is 0. The molecule has 2 heterocycles. The first-order chi connectivity index (χ1) is 19.8. The van der Waals surface area contributed by atoms with Gasteiger partial charge < -0.3 is 19.3 Å². The molecule has 0 radical (unpaired) electrons. The van der Waals surface area contributed by atoms with E-state index in [0.29, 0.717) is 44.3 Å². The van der Waals surface area contributed by atoms with Gasteiger partial charge in [0, 0.05) is 18.7 Å². The number of carbonyl (C=O) groups is 4. The Morgan fingerprint density at radius 2 is 1.61 bits per heavy atom. The Hall–Kier alpha value is -3.72. The van der Waals surface area contributed by atoms with Crippen molar-refractivity contribution in [2.24, 2.45) is 5.92 Å². The second-order valence-corrected chi connectivity index (χ2v) is 10.7. The number of benzene rings is 2. The highest BCUT2D eigenvalue weighted by Gasteiger charge is 2.51. The lowest BCUT2D eigenvalue weighted by molar-refractivity contribution is -0.155. The predicted octanol–water partition coefficient (Wildman–Crippen LogP) is 3.22. The summed E-state index contributed by atoms with van der Waals surface area (Å²) in [5.74, 6) is -1.17. The highest BCUT2D eigenvalue weighted by atomic mass is 16.5. The Labute approximate surface area is 242 Å². The van der Waals surface area contributed by atoms with Crippen LogP contribution in [-0.2, 0) is 30.3 Å². The molecule has 2 saturated heterocycles. The maximum atomic E-state index is 14.1. The maximum Gasteiger partial charge on any atom is 0.328 e. The van der Waals surface area contributed by atoms with Crippen LogP contribution in [0.4, 0.5) is 0 Å². The van der Waals surface area contributed by atoms with Crippen LogP contribution in [0.1, 0.15) is 56.0 Å². The smallest absolute Gasteiger partial charge is 0.328 e.